The van der Waals surface area contributed by atoms with Crippen LogP contribution in [0.3, 0.4) is 0 Å². The molecule has 1 aliphatic carbocycles. The van der Waals surface area contributed by atoms with Crippen LogP contribution in [0.2, 0.25) is 0 Å². The van der Waals surface area contributed by atoms with Crippen molar-refractivity contribution in [1.82, 2.24) is 5.16 Å². The summed E-state index contributed by atoms with van der Waals surface area (Å²) in [6.45, 7) is 0.0613. The van der Waals surface area contributed by atoms with Crippen molar-refractivity contribution in [3.63, 3.8) is 0 Å². The average molecular weight is 525 g/mol. The smallest absolute Gasteiger partial charge is 0.396 e. The molecule has 0 fully saturated rings. The molecule has 5 nitrogen and oxygen atoms in total. The second-order valence-corrected chi connectivity index (χ2v) is 9.00. The third kappa shape index (κ3) is 4.84. The molecule has 0 radical (unpaired) electrons. The monoisotopic (exact) mass is 524 g/mol. The lowest BCUT2D eigenvalue weighted by molar-refractivity contribution is -0.157. The first-order chi connectivity index (χ1) is 17.7. The molecule has 0 spiro atoms. The van der Waals surface area contributed by atoms with Gasteiger partial charge in [0, 0.05) is 34.0 Å². The highest BCUT2D eigenvalue weighted by molar-refractivity contribution is 6.34. The molecule has 188 valence electrons. The van der Waals surface area contributed by atoms with Crippen molar-refractivity contribution in [1.29, 1.82) is 0 Å². The predicted molar refractivity (Wildman–Crippen MR) is 136 cm³/mol. The molecule has 5 rings (SSSR count). The van der Waals surface area contributed by atoms with Gasteiger partial charge in [0.2, 0.25) is 0 Å². The first-order valence-electron chi connectivity index (χ1n) is 11.4. The molecular weight excluding hydrogens is 505 g/mol. The summed E-state index contributed by atoms with van der Waals surface area (Å²) < 4.78 is 47.8. The van der Waals surface area contributed by atoms with E-state index in [9.17, 15) is 18.0 Å². The first kappa shape index (κ1) is 24.6. The van der Waals surface area contributed by atoms with Crippen molar-refractivity contribution in [3.05, 3.63) is 101 Å². The molecule has 0 saturated heterocycles. The van der Waals surface area contributed by atoms with Crippen molar-refractivity contribution in [2.75, 3.05) is 5.32 Å². The van der Waals surface area contributed by atoms with Gasteiger partial charge in [-0.25, -0.2) is 4.79 Å². The van der Waals surface area contributed by atoms with Gasteiger partial charge in [-0.3, -0.25) is 0 Å². The van der Waals surface area contributed by atoms with E-state index in [0.29, 0.717) is 22.6 Å². The van der Waals surface area contributed by atoms with Crippen LogP contribution in [0.15, 0.2) is 88.4 Å². The zero-order valence-corrected chi connectivity index (χ0v) is 20.0. The Bertz CT molecular complexity index is 1530. The van der Waals surface area contributed by atoms with E-state index in [0.717, 1.165) is 10.8 Å². The van der Waals surface area contributed by atoms with Crippen LogP contribution in [0.1, 0.15) is 28.0 Å². The van der Waals surface area contributed by atoms with Crippen LogP contribution >= 0.6 is 11.6 Å². The van der Waals surface area contributed by atoms with Crippen LogP contribution in [-0.4, -0.2) is 22.4 Å². The van der Waals surface area contributed by atoms with Gasteiger partial charge in [-0.1, -0.05) is 65.3 Å². The summed E-state index contributed by atoms with van der Waals surface area (Å²) in [4.78, 5) is 11.2. The Morgan fingerprint density at radius 1 is 1.08 bits per heavy atom. The minimum Gasteiger partial charge on any atom is -0.478 e. The van der Waals surface area contributed by atoms with Crippen LogP contribution in [0.25, 0.3) is 27.7 Å². The highest BCUT2D eigenvalue weighted by Gasteiger charge is 2.45. The maximum atomic E-state index is 14.0. The number of nitrogens with zero attached hydrogens (tertiary/aromatic N) is 1. The summed E-state index contributed by atoms with van der Waals surface area (Å²) in [6.07, 6.45) is -1.93. The van der Waals surface area contributed by atoms with Crippen LogP contribution < -0.4 is 5.32 Å². The summed E-state index contributed by atoms with van der Waals surface area (Å²) in [5.41, 5.74) is 1.70. The number of nitrogens with one attached hydrogen (secondary N) is 1. The quantitative estimate of drug-likeness (QED) is 0.268. The molecule has 1 heterocycles. The number of fused-ring (bicyclic) bond motifs is 1. The number of carbonyl (C=O) groups is 1. The molecule has 37 heavy (non-hydrogen) atoms. The molecule has 3 aromatic carbocycles. The summed E-state index contributed by atoms with van der Waals surface area (Å²) >= 11 is 6.34. The molecule has 9 heteroatoms. The fourth-order valence-corrected chi connectivity index (χ4v) is 4.81. The molecule has 0 amide bonds. The molecule has 0 saturated carbocycles. The second kappa shape index (κ2) is 9.78. The van der Waals surface area contributed by atoms with E-state index in [4.69, 9.17) is 21.2 Å². The Labute approximate surface area is 214 Å². The van der Waals surface area contributed by atoms with Gasteiger partial charge >= 0.3 is 12.1 Å². The number of anilines is 1. The summed E-state index contributed by atoms with van der Waals surface area (Å²) in [5, 5.41) is 18.2. The largest absolute Gasteiger partial charge is 0.478 e. The first-order valence-corrected chi connectivity index (χ1v) is 11.8. The van der Waals surface area contributed by atoms with E-state index in [2.05, 4.69) is 10.5 Å². The SMILES string of the molecule is O=C(O)c1ccc(NCc2c(C3=C(Cl)C=CCC3C(F)(F)F)noc2-c2cccc3ccccc23)cc1. The van der Waals surface area contributed by atoms with E-state index in [1.807, 2.05) is 42.5 Å². The minimum atomic E-state index is -4.53. The number of carboxylic acid groups (broad SMARTS) is 1. The molecular formula is C28H20ClF3N2O3. The standard InChI is InChI=1S/C28H20ClF3N2O3/c29-23-10-4-9-22(28(30,31)32)24(23)25-21(15-33-18-13-11-17(12-14-18)27(35)36)26(37-34-25)20-8-3-6-16-5-1-2-7-19(16)20/h1-8,10-14,22,33H,9,15H2,(H,35,36). The lowest BCUT2D eigenvalue weighted by Gasteiger charge is -2.25. The highest BCUT2D eigenvalue weighted by atomic mass is 35.5. The van der Waals surface area contributed by atoms with Crippen LogP contribution in [0.4, 0.5) is 18.9 Å². The second-order valence-electron chi connectivity index (χ2n) is 8.60. The van der Waals surface area contributed by atoms with Gasteiger partial charge in [0.1, 0.15) is 5.69 Å². The zero-order valence-electron chi connectivity index (χ0n) is 19.2. The fraction of sp³-hybridized carbons (Fsp3) is 0.143. The maximum absolute atomic E-state index is 14.0. The Hall–Kier alpha value is -4.04. The highest BCUT2D eigenvalue weighted by Crippen LogP contribution is 2.46. The molecule has 1 atom stereocenters. The van der Waals surface area contributed by atoms with Crippen molar-refractivity contribution < 1.29 is 27.6 Å². The van der Waals surface area contributed by atoms with Gasteiger partial charge in [0.15, 0.2) is 5.76 Å². The number of benzene rings is 3. The Morgan fingerprint density at radius 3 is 2.54 bits per heavy atom. The van der Waals surface area contributed by atoms with Crippen LogP contribution in [-0.2, 0) is 6.54 Å². The van der Waals surface area contributed by atoms with E-state index in [1.165, 1.54) is 24.3 Å². The van der Waals surface area contributed by atoms with E-state index in [1.54, 1.807) is 12.1 Å². The predicted octanol–water partition coefficient (Wildman–Crippen LogP) is 7.89. The average Bonchev–Trinajstić information content (AvgIpc) is 3.29. The Kier molecular flexibility index (Phi) is 6.52. The number of halogens is 4. The number of hydrogen-bond acceptors (Lipinski definition) is 4. The van der Waals surface area contributed by atoms with Crippen LogP contribution in [0, 0.1) is 5.92 Å². The van der Waals surface area contributed by atoms with Crippen LogP contribution in [0.5, 0.6) is 0 Å². The van der Waals surface area contributed by atoms with E-state index in [-0.39, 0.29) is 34.8 Å². The summed E-state index contributed by atoms with van der Waals surface area (Å²) in [7, 11) is 0. The Morgan fingerprint density at radius 2 is 1.81 bits per heavy atom. The lowest BCUT2D eigenvalue weighted by atomic mass is 9.86. The van der Waals surface area contributed by atoms with Gasteiger partial charge in [0.25, 0.3) is 0 Å². The lowest BCUT2D eigenvalue weighted by Crippen LogP contribution is -2.26. The fourth-order valence-electron chi connectivity index (χ4n) is 4.50. The number of allylic oxidation sites excluding steroid dienone is 4. The summed E-state index contributed by atoms with van der Waals surface area (Å²) in [6, 6.07) is 19.3. The van der Waals surface area contributed by atoms with Gasteiger partial charge in [-0.05, 0) is 47.5 Å². The minimum absolute atomic E-state index is 0.0364. The van der Waals surface area contributed by atoms with Gasteiger partial charge < -0.3 is 14.9 Å². The molecule has 2 N–H and O–H groups in total. The van der Waals surface area contributed by atoms with E-state index < -0.39 is 18.1 Å². The summed E-state index contributed by atoms with van der Waals surface area (Å²) in [5.74, 6) is -2.56. The van der Waals surface area contributed by atoms with Crippen molar-refractivity contribution in [3.8, 4) is 11.3 Å². The van der Waals surface area contributed by atoms with Gasteiger partial charge in [-0.15, -0.1) is 0 Å². The Balaban J connectivity index is 1.64. The normalized spacial score (nSPS) is 15.8. The maximum Gasteiger partial charge on any atom is 0.396 e. The third-order valence-corrected chi connectivity index (χ3v) is 6.65. The molecule has 0 bridgehead atoms. The van der Waals surface area contributed by atoms with Gasteiger partial charge in [0.05, 0.1) is 11.5 Å². The van der Waals surface area contributed by atoms with Crippen molar-refractivity contribution >= 4 is 39.6 Å². The number of aromatic carboxylic acids is 1. The number of aromatic nitrogens is 1. The zero-order chi connectivity index (χ0) is 26.2. The topological polar surface area (TPSA) is 75.4 Å². The molecule has 0 aliphatic heterocycles. The number of carboxylic acids is 1. The van der Waals surface area contributed by atoms with Crippen molar-refractivity contribution in [2.24, 2.45) is 5.92 Å². The number of hydrogen-bond donors (Lipinski definition) is 2. The number of alkyl halides is 3. The molecule has 4 aromatic rings. The van der Waals surface area contributed by atoms with Gasteiger partial charge in [-0.2, -0.15) is 13.2 Å². The van der Waals surface area contributed by atoms with E-state index >= 15 is 0 Å². The molecule has 1 aromatic heterocycles. The molecule has 1 unspecified atom stereocenters. The molecule has 1 aliphatic rings. The van der Waals surface area contributed by atoms with Crippen molar-refractivity contribution in [2.45, 2.75) is 19.1 Å². The number of rotatable bonds is 6. The third-order valence-electron chi connectivity index (χ3n) is 6.32.